The Bertz CT molecular complexity index is 1530. The molecule has 38 heavy (non-hydrogen) atoms. The van der Waals surface area contributed by atoms with Gasteiger partial charge in [0.2, 0.25) is 0 Å². The van der Waals surface area contributed by atoms with Gasteiger partial charge in [-0.25, -0.2) is 4.98 Å². The lowest BCUT2D eigenvalue weighted by molar-refractivity contribution is 0.0629. The van der Waals surface area contributed by atoms with E-state index in [9.17, 15) is 9.59 Å². The molecule has 2 amide bonds. The highest BCUT2D eigenvalue weighted by molar-refractivity contribution is 5.98. The number of amides is 2. The van der Waals surface area contributed by atoms with Gasteiger partial charge in [-0.05, 0) is 54.0 Å². The fourth-order valence-electron chi connectivity index (χ4n) is 6.63. The Balaban J connectivity index is 1.04. The molecule has 10 nitrogen and oxygen atoms in total. The van der Waals surface area contributed by atoms with Gasteiger partial charge >= 0.3 is 0 Å². The summed E-state index contributed by atoms with van der Waals surface area (Å²) in [6.45, 7) is 3.73. The number of likely N-dealkylation sites (tertiary alicyclic amines) is 2. The number of nitrogens with zero attached hydrogens (tertiary/aromatic N) is 5. The lowest BCUT2D eigenvalue weighted by atomic mass is 9.60. The van der Waals surface area contributed by atoms with Crippen molar-refractivity contribution in [2.24, 2.45) is 23.7 Å². The third kappa shape index (κ3) is 3.70. The molecule has 0 spiro atoms. The summed E-state index contributed by atoms with van der Waals surface area (Å²) in [6.07, 6.45) is 0. The van der Waals surface area contributed by atoms with Gasteiger partial charge in [0.15, 0.2) is 0 Å². The average molecular weight is 513 g/mol. The van der Waals surface area contributed by atoms with Crippen LogP contribution in [0.3, 0.4) is 0 Å². The Hall–Kier alpha value is -4.05. The summed E-state index contributed by atoms with van der Waals surface area (Å²) in [5.41, 5.74) is 3.22. The quantitative estimate of drug-likeness (QED) is 0.395. The van der Waals surface area contributed by atoms with E-state index in [0.29, 0.717) is 72.5 Å². The maximum absolute atomic E-state index is 13.6. The van der Waals surface area contributed by atoms with Crippen LogP contribution < -0.4 is 4.74 Å². The summed E-state index contributed by atoms with van der Waals surface area (Å²) in [6, 6.07) is 14.9. The first-order chi connectivity index (χ1) is 18.6. The van der Waals surface area contributed by atoms with Gasteiger partial charge < -0.3 is 19.3 Å². The molecule has 0 radical (unpaired) electrons. The van der Waals surface area contributed by atoms with Gasteiger partial charge in [-0.1, -0.05) is 12.1 Å². The zero-order valence-electron chi connectivity index (χ0n) is 21.0. The monoisotopic (exact) mass is 512 g/mol. The van der Waals surface area contributed by atoms with Gasteiger partial charge in [0.05, 0.1) is 12.1 Å². The van der Waals surface area contributed by atoms with Crippen LogP contribution in [0.2, 0.25) is 0 Å². The van der Waals surface area contributed by atoms with Gasteiger partial charge in [-0.3, -0.25) is 9.59 Å². The van der Waals surface area contributed by atoms with E-state index in [-0.39, 0.29) is 11.8 Å². The minimum atomic E-state index is -0.0614. The minimum Gasteiger partial charge on any atom is -0.490 e. The molecule has 1 saturated carbocycles. The summed E-state index contributed by atoms with van der Waals surface area (Å²) >= 11 is 0. The summed E-state index contributed by atoms with van der Waals surface area (Å²) in [4.78, 5) is 35.4. The van der Waals surface area contributed by atoms with Crippen molar-refractivity contribution in [2.75, 3.05) is 46.5 Å². The number of aromatic nitrogens is 4. The van der Waals surface area contributed by atoms with E-state index < -0.39 is 0 Å². The normalized spacial score (nSPS) is 23.9. The molecular formula is C28H28N6O4. The molecule has 194 valence electrons. The van der Waals surface area contributed by atoms with Crippen LogP contribution in [0.25, 0.3) is 21.9 Å². The SMILES string of the molecule is COCCOc1cc(C(=O)N2C[C@@H]3[C@H]4CN(C(=O)c5ccc6n[nH]nc6c5)C[C@H]4[C@@H]3C2)nc2ccccc12. The molecule has 10 heteroatoms. The van der Waals surface area contributed by atoms with Gasteiger partial charge in [0, 0.05) is 50.3 Å². The third-order valence-corrected chi connectivity index (χ3v) is 8.50. The van der Waals surface area contributed by atoms with E-state index in [1.54, 1.807) is 19.2 Å². The lowest BCUT2D eigenvalue weighted by Gasteiger charge is -2.42. The highest BCUT2D eigenvalue weighted by Crippen LogP contribution is 2.54. The molecule has 2 aromatic heterocycles. The van der Waals surface area contributed by atoms with E-state index in [1.165, 1.54) is 0 Å². The number of benzene rings is 2. The van der Waals surface area contributed by atoms with Crippen LogP contribution in [0.4, 0.5) is 0 Å². The Kier molecular flexibility index (Phi) is 5.50. The number of ether oxygens (including phenoxy) is 2. The molecule has 1 aliphatic carbocycles. The summed E-state index contributed by atoms with van der Waals surface area (Å²) in [7, 11) is 1.63. The number of fused-ring (bicyclic) bond motifs is 6. The molecule has 4 atom stereocenters. The highest BCUT2D eigenvalue weighted by Gasteiger charge is 2.59. The molecule has 3 aliphatic rings. The predicted octanol–water partition coefficient (Wildman–Crippen LogP) is 2.62. The molecular weight excluding hydrogens is 484 g/mol. The van der Waals surface area contributed by atoms with Gasteiger partial charge in [0.25, 0.3) is 11.8 Å². The molecule has 0 unspecified atom stereocenters. The fraction of sp³-hybridized carbons (Fsp3) is 0.393. The van der Waals surface area contributed by atoms with Crippen LogP contribution in [0, 0.1) is 23.7 Å². The highest BCUT2D eigenvalue weighted by atomic mass is 16.5. The summed E-state index contributed by atoms with van der Waals surface area (Å²) in [5, 5.41) is 11.6. The van der Waals surface area contributed by atoms with Gasteiger partial charge in [-0.15, -0.1) is 0 Å². The molecule has 2 aliphatic heterocycles. The van der Waals surface area contributed by atoms with E-state index in [4.69, 9.17) is 9.47 Å². The van der Waals surface area contributed by atoms with Crippen LogP contribution in [-0.2, 0) is 4.74 Å². The van der Waals surface area contributed by atoms with Crippen molar-refractivity contribution in [3.05, 3.63) is 59.8 Å². The van der Waals surface area contributed by atoms with Crippen molar-refractivity contribution in [2.45, 2.75) is 0 Å². The minimum absolute atomic E-state index is 0.0386. The number of carbonyl (C=O) groups is 2. The Morgan fingerprint density at radius 1 is 0.842 bits per heavy atom. The number of para-hydroxylation sites is 1. The summed E-state index contributed by atoms with van der Waals surface area (Å²) < 4.78 is 11.1. The van der Waals surface area contributed by atoms with Crippen molar-refractivity contribution >= 4 is 33.8 Å². The number of nitrogens with one attached hydrogen (secondary N) is 1. The zero-order valence-corrected chi connectivity index (χ0v) is 21.0. The maximum atomic E-state index is 13.6. The lowest BCUT2D eigenvalue weighted by Crippen LogP contribution is -2.44. The second-order valence-electron chi connectivity index (χ2n) is 10.5. The molecule has 3 fully saturated rings. The molecule has 0 bridgehead atoms. The fourth-order valence-corrected chi connectivity index (χ4v) is 6.63. The Labute approximate surface area is 218 Å². The number of methoxy groups -OCH3 is 1. The topological polar surface area (TPSA) is 114 Å². The van der Waals surface area contributed by atoms with E-state index in [2.05, 4.69) is 20.4 Å². The predicted molar refractivity (Wildman–Crippen MR) is 139 cm³/mol. The zero-order chi connectivity index (χ0) is 25.8. The number of H-pyrrole nitrogens is 1. The van der Waals surface area contributed by atoms with Crippen molar-refractivity contribution in [1.82, 2.24) is 30.2 Å². The number of hydrogen-bond acceptors (Lipinski definition) is 7. The number of pyridine rings is 1. The van der Waals surface area contributed by atoms with E-state index in [0.717, 1.165) is 29.5 Å². The standard InChI is InChI=1S/C28H28N6O4/c1-37-8-9-38-26-11-25(29-22-5-3-2-4-17(22)26)28(36)34-14-20-18-12-33(13-19(18)21(20)15-34)27(35)16-6-7-23-24(10-16)31-32-30-23/h2-7,10-11,18-21H,8-9,12-15H2,1H3,(H,30,31,32)/t18-,19+,20+,21-. The second-order valence-corrected chi connectivity index (χ2v) is 10.5. The number of carbonyl (C=O) groups excluding carboxylic acids is 2. The largest absolute Gasteiger partial charge is 0.490 e. The molecule has 7 rings (SSSR count). The third-order valence-electron chi connectivity index (χ3n) is 8.50. The molecule has 1 N–H and O–H groups in total. The van der Waals surface area contributed by atoms with Crippen molar-refractivity contribution in [1.29, 1.82) is 0 Å². The second kappa shape index (κ2) is 9.05. The van der Waals surface area contributed by atoms with Crippen molar-refractivity contribution in [3.63, 3.8) is 0 Å². The van der Waals surface area contributed by atoms with Crippen molar-refractivity contribution in [3.8, 4) is 5.75 Å². The summed E-state index contributed by atoms with van der Waals surface area (Å²) in [5.74, 6) is 2.30. The first-order valence-corrected chi connectivity index (χ1v) is 13.0. The average Bonchev–Trinajstić information content (AvgIpc) is 3.66. The first kappa shape index (κ1) is 23.1. The van der Waals surface area contributed by atoms with E-state index in [1.807, 2.05) is 46.2 Å². The maximum Gasteiger partial charge on any atom is 0.272 e. The first-order valence-electron chi connectivity index (χ1n) is 13.0. The molecule has 2 aromatic carbocycles. The van der Waals surface area contributed by atoms with Crippen LogP contribution in [0.15, 0.2) is 48.5 Å². The molecule has 2 saturated heterocycles. The Morgan fingerprint density at radius 3 is 2.26 bits per heavy atom. The van der Waals surface area contributed by atoms with Crippen LogP contribution >= 0.6 is 0 Å². The van der Waals surface area contributed by atoms with Crippen LogP contribution in [-0.4, -0.2) is 88.5 Å². The molecule has 4 aromatic rings. The Morgan fingerprint density at radius 2 is 1.53 bits per heavy atom. The van der Waals surface area contributed by atoms with Crippen LogP contribution in [0.1, 0.15) is 20.8 Å². The van der Waals surface area contributed by atoms with Gasteiger partial charge in [-0.2, -0.15) is 15.4 Å². The number of aromatic amines is 1. The van der Waals surface area contributed by atoms with Crippen LogP contribution in [0.5, 0.6) is 5.75 Å². The smallest absolute Gasteiger partial charge is 0.272 e. The van der Waals surface area contributed by atoms with E-state index >= 15 is 0 Å². The number of hydrogen-bond donors (Lipinski definition) is 1. The van der Waals surface area contributed by atoms with Crippen molar-refractivity contribution < 1.29 is 19.1 Å². The molecule has 4 heterocycles. The van der Waals surface area contributed by atoms with Gasteiger partial charge in [0.1, 0.15) is 29.1 Å². The number of rotatable bonds is 6.